The number of hydrogen-bond donors (Lipinski definition) is 2. The van der Waals surface area contributed by atoms with E-state index in [1.54, 1.807) is 0 Å². The molecule has 8 nitrogen and oxygen atoms in total. The van der Waals surface area contributed by atoms with Crippen molar-refractivity contribution in [1.82, 2.24) is 5.32 Å². The molecule has 32 heavy (non-hydrogen) atoms. The highest BCUT2D eigenvalue weighted by atomic mass is 16.5. The lowest BCUT2D eigenvalue weighted by Crippen LogP contribution is -2.31. The van der Waals surface area contributed by atoms with Gasteiger partial charge in [0.2, 0.25) is 5.91 Å². The fraction of sp³-hybridized carbons (Fsp3) is 0.667. The van der Waals surface area contributed by atoms with Crippen LogP contribution in [0.4, 0.5) is 0 Å². The third-order valence-electron chi connectivity index (χ3n) is 4.64. The van der Waals surface area contributed by atoms with Crippen LogP contribution in [0, 0.1) is 0 Å². The molecule has 0 spiro atoms. The number of aryl methyl sites for hydroxylation is 1. The van der Waals surface area contributed by atoms with E-state index in [9.17, 15) is 9.59 Å². The lowest BCUT2D eigenvalue weighted by molar-refractivity contribution is -0.143. The zero-order chi connectivity index (χ0) is 23.3. The van der Waals surface area contributed by atoms with Crippen LogP contribution in [0.2, 0.25) is 0 Å². The van der Waals surface area contributed by atoms with Gasteiger partial charge in [-0.2, -0.15) is 0 Å². The molecule has 0 aliphatic carbocycles. The molecule has 0 bridgehead atoms. The van der Waals surface area contributed by atoms with Crippen molar-refractivity contribution < 1.29 is 33.6 Å². The van der Waals surface area contributed by atoms with Gasteiger partial charge >= 0.3 is 5.97 Å². The number of carboxylic acid groups (broad SMARTS) is 1. The van der Waals surface area contributed by atoms with Crippen LogP contribution in [0.25, 0.3) is 0 Å². The van der Waals surface area contributed by atoms with E-state index in [1.165, 1.54) is 44.1 Å². The second kappa shape index (κ2) is 19.5. The number of benzene rings is 1. The van der Waals surface area contributed by atoms with Gasteiger partial charge in [-0.1, -0.05) is 51.2 Å². The summed E-state index contributed by atoms with van der Waals surface area (Å²) in [4.78, 5) is 21.6. The first-order valence-corrected chi connectivity index (χ1v) is 11.5. The van der Waals surface area contributed by atoms with Crippen molar-refractivity contribution in [3.63, 3.8) is 0 Å². The third-order valence-corrected chi connectivity index (χ3v) is 4.64. The Morgan fingerprint density at radius 1 is 0.812 bits per heavy atom. The summed E-state index contributed by atoms with van der Waals surface area (Å²) >= 11 is 0. The molecule has 1 amide bonds. The predicted molar refractivity (Wildman–Crippen MR) is 122 cm³/mol. The number of ether oxygens (including phenoxy) is 4. The predicted octanol–water partition coefficient (Wildman–Crippen LogP) is 3.22. The van der Waals surface area contributed by atoms with Gasteiger partial charge in [0.05, 0.1) is 26.4 Å². The molecule has 0 radical (unpaired) electrons. The maximum absolute atomic E-state index is 11.3. The molecule has 1 aromatic carbocycles. The van der Waals surface area contributed by atoms with E-state index in [0.717, 1.165) is 12.2 Å². The van der Waals surface area contributed by atoms with Gasteiger partial charge in [-0.3, -0.25) is 4.79 Å². The normalized spacial score (nSPS) is 10.8. The first-order chi connectivity index (χ1) is 15.6. The van der Waals surface area contributed by atoms with Crippen molar-refractivity contribution in [3.8, 4) is 5.75 Å². The molecular weight excluding hydrogens is 414 g/mol. The highest BCUT2D eigenvalue weighted by Crippen LogP contribution is 2.15. The Labute approximate surface area is 191 Å². The third kappa shape index (κ3) is 16.5. The number of unbranched alkanes of at least 4 members (excludes halogenated alkanes) is 5. The fourth-order valence-electron chi connectivity index (χ4n) is 2.95. The smallest absolute Gasteiger partial charge is 0.329 e. The highest BCUT2D eigenvalue weighted by molar-refractivity contribution is 5.77. The number of carbonyl (C=O) groups is 2. The number of aliphatic carboxylic acids is 1. The Bertz CT molecular complexity index is 607. The monoisotopic (exact) mass is 453 g/mol. The average Bonchev–Trinajstić information content (AvgIpc) is 2.78. The molecule has 0 aliphatic rings. The molecular formula is C24H39NO7. The minimum Gasteiger partial charge on any atom is -0.491 e. The zero-order valence-electron chi connectivity index (χ0n) is 19.3. The minimum absolute atomic E-state index is 0.280. The van der Waals surface area contributed by atoms with Crippen molar-refractivity contribution in [3.05, 3.63) is 29.8 Å². The van der Waals surface area contributed by atoms with Gasteiger partial charge < -0.3 is 29.4 Å². The van der Waals surface area contributed by atoms with Crippen LogP contribution in [0.1, 0.15) is 51.0 Å². The molecule has 2 N–H and O–H groups in total. The van der Waals surface area contributed by atoms with Crippen LogP contribution in [0.5, 0.6) is 5.75 Å². The first kappa shape index (κ1) is 27.9. The number of carboxylic acids is 1. The van der Waals surface area contributed by atoms with Gasteiger partial charge in [-0.05, 0) is 30.5 Å². The Kier molecular flexibility index (Phi) is 17.0. The number of amides is 1. The van der Waals surface area contributed by atoms with Gasteiger partial charge in [0.25, 0.3) is 0 Å². The standard InChI is InChI=1S/C24H39NO7/c1-2-3-4-5-6-7-8-21-9-11-22(12-10-21)32-18-17-30-16-15-29-14-13-25-23(26)19-31-20-24(27)28/h9-12H,2-8,13-20H2,1H3,(H,25,26)(H,27,28). The highest BCUT2D eigenvalue weighted by Gasteiger charge is 2.03. The average molecular weight is 454 g/mol. The molecule has 0 unspecified atom stereocenters. The van der Waals surface area contributed by atoms with E-state index in [0.29, 0.717) is 39.6 Å². The van der Waals surface area contributed by atoms with Crippen LogP contribution in [-0.2, 0) is 30.2 Å². The first-order valence-electron chi connectivity index (χ1n) is 11.5. The maximum Gasteiger partial charge on any atom is 0.329 e. The summed E-state index contributed by atoms with van der Waals surface area (Å²) in [7, 11) is 0. The Morgan fingerprint density at radius 3 is 2.19 bits per heavy atom. The van der Waals surface area contributed by atoms with Crippen LogP contribution < -0.4 is 10.1 Å². The van der Waals surface area contributed by atoms with Crippen LogP contribution in [0.15, 0.2) is 24.3 Å². The number of carbonyl (C=O) groups excluding carboxylic acids is 1. The molecule has 0 atom stereocenters. The molecule has 0 heterocycles. The Morgan fingerprint density at radius 2 is 1.47 bits per heavy atom. The van der Waals surface area contributed by atoms with E-state index >= 15 is 0 Å². The molecule has 0 saturated heterocycles. The largest absolute Gasteiger partial charge is 0.491 e. The van der Waals surface area contributed by atoms with Crippen molar-refractivity contribution in [2.24, 2.45) is 0 Å². The van der Waals surface area contributed by atoms with Crippen LogP contribution in [0.3, 0.4) is 0 Å². The van der Waals surface area contributed by atoms with E-state index < -0.39 is 12.6 Å². The summed E-state index contributed by atoms with van der Waals surface area (Å²) in [5.41, 5.74) is 1.35. The fourth-order valence-corrected chi connectivity index (χ4v) is 2.95. The molecule has 0 aliphatic heterocycles. The number of nitrogens with one attached hydrogen (secondary N) is 1. The van der Waals surface area contributed by atoms with E-state index in [2.05, 4.69) is 29.1 Å². The van der Waals surface area contributed by atoms with Gasteiger partial charge in [-0.15, -0.1) is 0 Å². The van der Waals surface area contributed by atoms with Crippen molar-refractivity contribution in [2.45, 2.75) is 51.9 Å². The summed E-state index contributed by atoms with van der Waals surface area (Å²) in [6, 6.07) is 8.29. The van der Waals surface area contributed by atoms with E-state index in [4.69, 9.17) is 19.3 Å². The lowest BCUT2D eigenvalue weighted by Gasteiger charge is -2.09. The maximum atomic E-state index is 11.3. The zero-order valence-corrected chi connectivity index (χ0v) is 19.3. The molecule has 1 rings (SSSR count). The SMILES string of the molecule is CCCCCCCCc1ccc(OCCOCCOCCNC(=O)COCC(=O)O)cc1. The summed E-state index contributed by atoms with van der Waals surface area (Å²) in [5.74, 6) is -0.637. The van der Waals surface area contributed by atoms with Gasteiger partial charge in [0.1, 0.15) is 25.6 Å². The second-order valence-electron chi connectivity index (χ2n) is 7.47. The Balaban J connectivity index is 1.91. The second-order valence-corrected chi connectivity index (χ2v) is 7.47. The molecule has 1 aromatic rings. The molecule has 182 valence electrons. The molecule has 0 aromatic heterocycles. The van der Waals surface area contributed by atoms with E-state index in [-0.39, 0.29) is 12.5 Å². The minimum atomic E-state index is -1.11. The van der Waals surface area contributed by atoms with Crippen molar-refractivity contribution >= 4 is 11.9 Å². The number of hydrogen-bond acceptors (Lipinski definition) is 6. The van der Waals surface area contributed by atoms with Crippen LogP contribution in [-0.4, -0.2) is 69.8 Å². The van der Waals surface area contributed by atoms with Gasteiger partial charge in [0.15, 0.2) is 0 Å². The number of rotatable bonds is 21. The van der Waals surface area contributed by atoms with Gasteiger partial charge in [-0.25, -0.2) is 4.79 Å². The topological polar surface area (TPSA) is 103 Å². The lowest BCUT2D eigenvalue weighted by atomic mass is 10.0. The van der Waals surface area contributed by atoms with Crippen LogP contribution >= 0.6 is 0 Å². The van der Waals surface area contributed by atoms with Crippen molar-refractivity contribution in [1.29, 1.82) is 0 Å². The summed E-state index contributed by atoms with van der Waals surface area (Å²) in [6.45, 7) is 3.94. The quantitative estimate of drug-likeness (QED) is 0.276. The molecule has 0 fully saturated rings. The van der Waals surface area contributed by atoms with Gasteiger partial charge in [0, 0.05) is 6.54 Å². The summed E-state index contributed by atoms with van der Waals surface area (Å²) < 4.78 is 21.2. The summed E-state index contributed by atoms with van der Waals surface area (Å²) in [5, 5.41) is 11.0. The summed E-state index contributed by atoms with van der Waals surface area (Å²) in [6.07, 6.45) is 8.99. The Hall–Kier alpha value is -2.16. The van der Waals surface area contributed by atoms with Crippen molar-refractivity contribution in [2.75, 3.05) is 52.8 Å². The molecule has 8 heteroatoms. The molecule has 0 saturated carbocycles. The van der Waals surface area contributed by atoms with E-state index in [1.807, 2.05) is 12.1 Å².